The lowest BCUT2D eigenvalue weighted by Gasteiger charge is -2.27. The summed E-state index contributed by atoms with van der Waals surface area (Å²) in [6, 6.07) is 15.9. The minimum atomic E-state index is -1.15. The smallest absolute Gasteiger partial charge is 0.326 e. The first-order chi connectivity index (χ1) is 20.2. The first-order valence-electron chi connectivity index (χ1n) is 15.1. The average molecular weight is 579 g/mol. The fourth-order valence-corrected chi connectivity index (χ4v) is 5.23. The van der Waals surface area contributed by atoms with Gasteiger partial charge in [0.15, 0.2) is 0 Å². The molecule has 3 rings (SSSR count). The number of nitrogens with zero attached hydrogens (tertiary/aromatic N) is 1. The number of carboxylic acid groups (broad SMARTS) is 1. The summed E-state index contributed by atoms with van der Waals surface area (Å²) in [5.41, 5.74) is 1.82. The number of carbonyl (C=O) groups excluding carboxylic acids is 3. The maximum Gasteiger partial charge on any atom is 0.326 e. The summed E-state index contributed by atoms with van der Waals surface area (Å²) in [4.78, 5) is 54.1. The lowest BCUT2D eigenvalue weighted by atomic mass is 10.00. The minimum Gasteiger partial charge on any atom is -0.480 e. The molecule has 3 atom stereocenters. The average Bonchev–Trinajstić information content (AvgIpc) is 2.98. The van der Waals surface area contributed by atoms with E-state index in [1.807, 2.05) is 62.4 Å². The van der Waals surface area contributed by atoms with Crippen LogP contribution in [0.15, 0.2) is 60.7 Å². The number of aliphatic carboxylic acids is 1. The van der Waals surface area contributed by atoms with Crippen LogP contribution in [-0.2, 0) is 32.0 Å². The molecule has 1 heterocycles. The second-order valence-electron chi connectivity index (χ2n) is 11.6. The number of carbonyl (C=O) groups is 4. The van der Waals surface area contributed by atoms with Gasteiger partial charge < -0.3 is 26.0 Å². The van der Waals surface area contributed by atoms with Crippen LogP contribution in [0.1, 0.15) is 63.5 Å². The van der Waals surface area contributed by atoms with Crippen LogP contribution < -0.4 is 16.0 Å². The number of hydrogen-bond acceptors (Lipinski definition) is 5. The maximum atomic E-state index is 13.6. The van der Waals surface area contributed by atoms with Crippen LogP contribution in [0.2, 0.25) is 0 Å². The molecule has 3 amide bonds. The van der Waals surface area contributed by atoms with Crippen LogP contribution in [0.25, 0.3) is 0 Å². The summed E-state index contributed by atoms with van der Waals surface area (Å²) in [5, 5.41) is 18.2. The van der Waals surface area contributed by atoms with Crippen molar-refractivity contribution in [3.8, 4) is 0 Å². The first-order valence-corrected chi connectivity index (χ1v) is 15.1. The zero-order chi connectivity index (χ0) is 30.3. The molecule has 228 valence electrons. The van der Waals surface area contributed by atoms with Crippen LogP contribution in [0.3, 0.4) is 0 Å². The van der Waals surface area contributed by atoms with Crippen molar-refractivity contribution in [3.63, 3.8) is 0 Å². The molecule has 0 saturated carbocycles. The Hall–Kier alpha value is -3.72. The number of hydrogen-bond donors (Lipinski definition) is 4. The van der Waals surface area contributed by atoms with Crippen molar-refractivity contribution in [2.75, 3.05) is 19.6 Å². The van der Waals surface area contributed by atoms with Gasteiger partial charge in [0, 0.05) is 19.4 Å². The fourth-order valence-electron chi connectivity index (χ4n) is 5.23. The van der Waals surface area contributed by atoms with Crippen molar-refractivity contribution in [3.05, 3.63) is 71.8 Å². The number of benzene rings is 2. The zero-order valence-electron chi connectivity index (χ0n) is 24.9. The molecular formula is C33H46N4O5. The lowest BCUT2D eigenvalue weighted by Crippen LogP contribution is -2.56. The quantitative estimate of drug-likeness (QED) is 0.242. The third kappa shape index (κ3) is 11.6. The van der Waals surface area contributed by atoms with E-state index < -0.39 is 35.9 Å². The van der Waals surface area contributed by atoms with E-state index in [0.29, 0.717) is 32.2 Å². The van der Waals surface area contributed by atoms with Gasteiger partial charge in [-0.05, 0) is 62.2 Å². The number of piperidine rings is 1. The van der Waals surface area contributed by atoms with Crippen molar-refractivity contribution in [2.45, 2.75) is 83.3 Å². The van der Waals surface area contributed by atoms with Gasteiger partial charge in [-0.1, -0.05) is 80.9 Å². The van der Waals surface area contributed by atoms with E-state index in [9.17, 15) is 24.3 Å². The van der Waals surface area contributed by atoms with Crippen LogP contribution in [0.5, 0.6) is 0 Å². The molecule has 0 unspecified atom stereocenters. The molecule has 9 heteroatoms. The lowest BCUT2D eigenvalue weighted by molar-refractivity contribution is -0.142. The zero-order valence-corrected chi connectivity index (χ0v) is 24.9. The van der Waals surface area contributed by atoms with Crippen molar-refractivity contribution in [1.82, 2.24) is 20.9 Å². The van der Waals surface area contributed by atoms with Crippen molar-refractivity contribution >= 4 is 23.7 Å². The van der Waals surface area contributed by atoms with Crippen LogP contribution in [0.4, 0.5) is 0 Å². The Morgan fingerprint density at radius 1 is 0.762 bits per heavy atom. The largest absolute Gasteiger partial charge is 0.480 e. The highest BCUT2D eigenvalue weighted by atomic mass is 16.4. The third-order valence-corrected chi connectivity index (χ3v) is 7.56. The Balaban J connectivity index is 1.68. The molecule has 1 aliphatic rings. The Kier molecular flexibility index (Phi) is 13.5. The van der Waals surface area contributed by atoms with Gasteiger partial charge in [-0.15, -0.1) is 0 Å². The first kappa shape index (κ1) is 32.8. The van der Waals surface area contributed by atoms with Crippen molar-refractivity contribution in [2.24, 2.45) is 5.92 Å². The Labute approximate surface area is 249 Å². The highest BCUT2D eigenvalue weighted by molar-refractivity contribution is 5.93. The maximum absolute atomic E-state index is 13.6. The van der Waals surface area contributed by atoms with E-state index in [0.717, 1.165) is 37.1 Å². The van der Waals surface area contributed by atoms with Crippen LogP contribution in [-0.4, -0.2) is 71.5 Å². The summed E-state index contributed by atoms with van der Waals surface area (Å²) < 4.78 is 0. The highest BCUT2D eigenvalue weighted by Crippen LogP contribution is 2.12. The Morgan fingerprint density at radius 3 is 1.93 bits per heavy atom. The van der Waals surface area contributed by atoms with Gasteiger partial charge in [-0.3, -0.25) is 14.4 Å². The molecule has 9 nitrogen and oxygen atoms in total. The Morgan fingerprint density at radius 2 is 1.33 bits per heavy atom. The second kappa shape index (κ2) is 17.3. The normalized spacial score (nSPS) is 15.8. The summed E-state index contributed by atoms with van der Waals surface area (Å²) in [6.45, 7) is 6.48. The van der Waals surface area contributed by atoms with Gasteiger partial charge in [0.1, 0.15) is 18.1 Å². The van der Waals surface area contributed by atoms with Gasteiger partial charge in [0.25, 0.3) is 0 Å². The predicted molar refractivity (Wildman–Crippen MR) is 163 cm³/mol. The van der Waals surface area contributed by atoms with Gasteiger partial charge in [0.2, 0.25) is 17.7 Å². The molecule has 42 heavy (non-hydrogen) atoms. The molecule has 4 N–H and O–H groups in total. The van der Waals surface area contributed by atoms with E-state index in [2.05, 4.69) is 20.9 Å². The van der Waals surface area contributed by atoms with E-state index in [-0.39, 0.29) is 18.2 Å². The monoisotopic (exact) mass is 578 g/mol. The standard InChI is InChI=1S/C33H46N4O5/c1-24(2)22-28(32(40)36-29(33(41)42)23-26-14-8-4-9-15-26)35-31(39)27(17-16-25-12-6-3-7-13-25)34-30(38)18-21-37-19-10-5-11-20-37/h3-4,6-9,12-15,24,27-29H,5,10-11,16-23H2,1-2H3,(H,34,38)(H,35,39)(H,36,40)(H,41,42)/t27-,28-,29-/m0/s1. The SMILES string of the molecule is CC(C)C[C@H](NC(=O)[C@H](CCc1ccccc1)NC(=O)CCN1CCCCC1)C(=O)N[C@@H](Cc1ccccc1)C(=O)O. The molecule has 1 aliphatic heterocycles. The third-order valence-electron chi connectivity index (χ3n) is 7.56. The van der Waals surface area contributed by atoms with Crippen molar-refractivity contribution in [1.29, 1.82) is 0 Å². The Bertz CT molecular complexity index is 1140. The van der Waals surface area contributed by atoms with Gasteiger partial charge in [0.05, 0.1) is 0 Å². The topological polar surface area (TPSA) is 128 Å². The molecule has 0 aliphatic carbocycles. The molecule has 1 saturated heterocycles. The van der Waals surface area contributed by atoms with E-state index in [1.54, 1.807) is 12.1 Å². The summed E-state index contributed by atoms with van der Waals surface area (Å²) in [5.74, 6) is -2.30. The number of carboxylic acids is 1. The molecule has 0 spiro atoms. The summed E-state index contributed by atoms with van der Waals surface area (Å²) in [6.07, 6.45) is 5.17. The minimum absolute atomic E-state index is 0.0559. The number of rotatable bonds is 16. The van der Waals surface area contributed by atoms with Crippen LogP contribution in [0, 0.1) is 5.92 Å². The highest BCUT2D eigenvalue weighted by Gasteiger charge is 2.30. The van der Waals surface area contributed by atoms with Gasteiger partial charge in [-0.25, -0.2) is 4.79 Å². The summed E-state index contributed by atoms with van der Waals surface area (Å²) >= 11 is 0. The number of likely N-dealkylation sites (tertiary alicyclic amines) is 1. The molecule has 2 aromatic carbocycles. The molecule has 2 aromatic rings. The van der Waals surface area contributed by atoms with E-state index in [4.69, 9.17) is 0 Å². The molecule has 0 aromatic heterocycles. The molecule has 0 radical (unpaired) electrons. The molecular weight excluding hydrogens is 532 g/mol. The van der Waals surface area contributed by atoms with Crippen LogP contribution >= 0.6 is 0 Å². The molecule has 0 bridgehead atoms. The second-order valence-corrected chi connectivity index (χ2v) is 11.6. The van der Waals surface area contributed by atoms with E-state index in [1.165, 1.54) is 6.42 Å². The number of nitrogens with one attached hydrogen (secondary N) is 3. The number of amides is 3. The van der Waals surface area contributed by atoms with Gasteiger partial charge in [-0.2, -0.15) is 0 Å². The molecule has 1 fully saturated rings. The van der Waals surface area contributed by atoms with Gasteiger partial charge >= 0.3 is 5.97 Å². The van der Waals surface area contributed by atoms with Crippen molar-refractivity contribution < 1.29 is 24.3 Å². The fraction of sp³-hybridized carbons (Fsp3) is 0.515. The number of aryl methyl sites for hydroxylation is 1. The van der Waals surface area contributed by atoms with E-state index >= 15 is 0 Å². The summed E-state index contributed by atoms with van der Waals surface area (Å²) in [7, 11) is 0. The predicted octanol–water partition coefficient (Wildman–Crippen LogP) is 3.32.